The van der Waals surface area contributed by atoms with Gasteiger partial charge in [0.15, 0.2) is 0 Å². The molecule has 0 N–H and O–H groups in total. The van der Waals surface area contributed by atoms with Gasteiger partial charge in [0.05, 0.1) is 35.5 Å². The van der Waals surface area contributed by atoms with Gasteiger partial charge in [-0.25, -0.2) is 4.99 Å². The summed E-state index contributed by atoms with van der Waals surface area (Å²) in [5.41, 5.74) is 5.37. The van der Waals surface area contributed by atoms with Gasteiger partial charge in [-0.1, -0.05) is 18.2 Å². The Bertz CT molecular complexity index is 1330. The second-order valence-electron chi connectivity index (χ2n) is 8.08. The summed E-state index contributed by atoms with van der Waals surface area (Å²) in [4.78, 5) is 5.07. The van der Waals surface area contributed by atoms with Crippen molar-refractivity contribution in [1.82, 2.24) is 0 Å². The maximum Gasteiger partial charge on any atom is 0.130 e. The molecular formula is C28H29NO3. The van der Waals surface area contributed by atoms with Crippen molar-refractivity contribution in [2.45, 2.75) is 34.6 Å². The number of furan rings is 1. The number of methoxy groups -OCH3 is 1. The highest BCUT2D eigenvalue weighted by molar-refractivity contribution is 5.93. The van der Waals surface area contributed by atoms with Crippen LogP contribution in [0, 0.1) is 27.7 Å². The van der Waals surface area contributed by atoms with Crippen LogP contribution in [-0.2, 0) is 0 Å². The van der Waals surface area contributed by atoms with Gasteiger partial charge >= 0.3 is 0 Å². The summed E-state index contributed by atoms with van der Waals surface area (Å²) < 4.78 is 17.4. The van der Waals surface area contributed by atoms with Gasteiger partial charge in [0.1, 0.15) is 23.0 Å². The van der Waals surface area contributed by atoms with E-state index in [1.807, 2.05) is 32.9 Å². The van der Waals surface area contributed by atoms with E-state index >= 15 is 0 Å². The second-order valence-corrected chi connectivity index (χ2v) is 8.08. The molecule has 32 heavy (non-hydrogen) atoms. The fourth-order valence-corrected chi connectivity index (χ4v) is 4.24. The largest absolute Gasteiger partial charge is 0.496 e. The molecule has 0 aliphatic heterocycles. The molecule has 0 spiro atoms. The number of nitrogens with zero attached hydrogens (tertiary/aromatic N) is 1. The summed E-state index contributed by atoms with van der Waals surface area (Å²) in [6.07, 6.45) is 0. The Kier molecular flexibility index (Phi) is 6.04. The molecule has 4 nitrogen and oxygen atoms in total. The van der Waals surface area contributed by atoms with Crippen LogP contribution in [0.3, 0.4) is 0 Å². The van der Waals surface area contributed by atoms with E-state index in [2.05, 4.69) is 56.3 Å². The minimum absolute atomic E-state index is 0.642. The topological polar surface area (TPSA) is 44.0 Å². The van der Waals surface area contributed by atoms with Crippen LogP contribution in [0.2, 0.25) is 0 Å². The predicted octanol–water partition coefficient (Wildman–Crippen LogP) is 6.97. The molecular weight excluding hydrogens is 398 g/mol. The van der Waals surface area contributed by atoms with Crippen LogP contribution < -0.4 is 14.8 Å². The third kappa shape index (κ3) is 4.26. The Morgan fingerprint density at radius 3 is 2.06 bits per heavy atom. The van der Waals surface area contributed by atoms with Gasteiger partial charge in [0, 0.05) is 0 Å². The Labute approximate surface area is 189 Å². The first-order valence-corrected chi connectivity index (χ1v) is 10.9. The van der Waals surface area contributed by atoms with Crippen LogP contribution in [0.4, 0.5) is 5.69 Å². The van der Waals surface area contributed by atoms with Crippen molar-refractivity contribution >= 4 is 16.5 Å². The van der Waals surface area contributed by atoms with Gasteiger partial charge in [-0.05, 0) is 93.3 Å². The maximum atomic E-state index is 6.01. The highest BCUT2D eigenvalue weighted by Gasteiger charge is 2.15. The van der Waals surface area contributed by atoms with Crippen LogP contribution in [-0.4, -0.2) is 13.7 Å². The Morgan fingerprint density at radius 2 is 1.44 bits per heavy atom. The van der Waals surface area contributed by atoms with E-state index in [0.717, 1.165) is 56.0 Å². The van der Waals surface area contributed by atoms with Crippen LogP contribution in [0.5, 0.6) is 11.5 Å². The summed E-state index contributed by atoms with van der Waals surface area (Å²) in [7, 11) is 1.69. The molecule has 0 aliphatic rings. The summed E-state index contributed by atoms with van der Waals surface area (Å²) in [5.74, 6) is 3.26. The molecule has 4 rings (SSSR count). The molecule has 1 aromatic heterocycles. The zero-order valence-corrected chi connectivity index (χ0v) is 19.6. The summed E-state index contributed by atoms with van der Waals surface area (Å²) in [5, 5.41) is 2.77. The number of aryl methyl sites for hydroxylation is 4. The van der Waals surface area contributed by atoms with Gasteiger partial charge in [-0.3, -0.25) is 0 Å². The summed E-state index contributed by atoms with van der Waals surface area (Å²) in [6.45, 7) is 10.8. The van der Waals surface area contributed by atoms with Crippen molar-refractivity contribution in [3.05, 3.63) is 82.6 Å². The first-order valence-electron chi connectivity index (χ1n) is 10.9. The van der Waals surface area contributed by atoms with Crippen molar-refractivity contribution in [2.75, 3.05) is 13.7 Å². The molecule has 3 aromatic carbocycles. The van der Waals surface area contributed by atoms with E-state index in [0.29, 0.717) is 6.61 Å². The monoisotopic (exact) mass is 427 g/mol. The molecule has 0 bridgehead atoms. The molecule has 0 amide bonds. The maximum absolute atomic E-state index is 6.01. The molecule has 0 aliphatic carbocycles. The zero-order valence-electron chi connectivity index (χ0n) is 19.6. The van der Waals surface area contributed by atoms with Crippen LogP contribution >= 0.6 is 0 Å². The third-order valence-corrected chi connectivity index (χ3v) is 5.52. The SMILES string of the molecule is CCOc1ccc(-c2cc(OC)c3c(C)oc(C)c3c(=Nc3cc(C)cc(C)c3)c2)cc1. The average molecular weight is 428 g/mol. The molecule has 4 heteroatoms. The lowest BCUT2D eigenvalue weighted by molar-refractivity contribution is 0.340. The normalized spacial score (nSPS) is 11.8. The molecule has 0 unspecified atom stereocenters. The number of hydrogen-bond acceptors (Lipinski definition) is 4. The number of rotatable bonds is 5. The van der Waals surface area contributed by atoms with E-state index in [1.54, 1.807) is 7.11 Å². The van der Waals surface area contributed by atoms with E-state index < -0.39 is 0 Å². The van der Waals surface area contributed by atoms with Crippen molar-refractivity contribution in [3.63, 3.8) is 0 Å². The lowest BCUT2D eigenvalue weighted by Crippen LogP contribution is -2.00. The standard InChI is InChI=1S/C28H29NO3/c1-7-31-24-10-8-21(9-11-24)22-15-25(29-23-13-17(2)12-18(3)14-23)27-19(4)32-20(5)28(27)26(16-22)30-6/h8-16H,7H2,1-6H3. The third-order valence-electron chi connectivity index (χ3n) is 5.52. The fourth-order valence-electron chi connectivity index (χ4n) is 4.24. The molecule has 0 radical (unpaired) electrons. The van der Waals surface area contributed by atoms with Crippen molar-refractivity contribution in [1.29, 1.82) is 0 Å². The number of hydrogen-bond donors (Lipinski definition) is 0. The van der Waals surface area contributed by atoms with Crippen molar-refractivity contribution < 1.29 is 13.9 Å². The average Bonchev–Trinajstić information content (AvgIpc) is 2.93. The Hall–Kier alpha value is -3.53. The highest BCUT2D eigenvalue weighted by Crippen LogP contribution is 2.34. The van der Waals surface area contributed by atoms with E-state index in [1.165, 1.54) is 11.1 Å². The van der Waals surface area contributed by atoms with Crippen LogP contribution in [0.15, 0.2) is 64.0 Å². The first kappa shape index (κ1) is 21.7. The Balaban J connectivity index is 2.06. The first-order chi connectivity index (χ1) is 15.4. The minimum Gasteiger partial charge on any atom is -0.496 e. The molecule has 0 saturated heterocycles. The Morgan fingerprint density at radius 1 is 0.781 bits per heavy atom. The smallest absolute Gasteiger partial charge is 0.130 e. The van der Waals surface area contributed by atoms with Crippen LogP contribution in [0.1, 0.15) is 29.6 Å². The zero-order chi connectivity index (χ0) is 22.8. The number of benzene rings is 2. The van der Waals surface area contributed by atoms with Crippen molar-refractivity contribution in [2.24, 2.45) is 4.99 Å². The van der Waals surface area contributed by atoms with E-state index in [9.17, 15) is 0 Å². The van der Waals surface area contributed by atoms with Gasteiger partial charge in [-0.2, -0.15) is 0 Å². The lowest BCUT2D eigenvalue weighted by Gasteiger charge is -2.05. The van der Waals surface area contributed by atoms with Crippen molar-refractivity contribution in [3.8, 4) is 22.6 Å². The molecule has 4 aromatic rings. The second kappa shape index (κ2) is 8.91. The summed E-state index contributed by atoms with van der Waals surface area (Å²) in [6, 6.07) is 18.6. The molecule has 0 saturated carbocycles. The molecule has 164 valence electrons. The van der Waals surface area contributed by atoms with E-state index in [4.69, 9.17) is 18.9 Å². The molecule has 0 atom stereocenters. The number of fused-ring (bicyclic) bond motifs is 1. The summed E-state index contributed by atoms with van der Waals surface area (Å²) >= 11 is 0. The van der Waals surface area contributed by atoms with Gasteiger partial charge in [0.25, 0.3) is 0 Å². The lowest BCUT2D eigenvalue weighted by atomic mass is 10.1. The minimum atomic E-state index is 0.642. The molecule has 0 fully saturated rings. The number of ether oxygens (including phenoxy) is 2. The van der Waals surface area contributed by atoms with Gasteiger partial charge in [-0.15, -0.1) is 0 Å². The van der Waals surface area contributed by atoms with E-state index in [-0.39, 0.29) is 0 Å². The fraction of sp³-hybridized carbons (Fsp3) is 0.250. The molecule has 1 heterocycles. The quantitative estimate of drug-likeness (QED) is 0.345. The van der Waals surface area contributed by atoms with Gasteiger partial charge < -0.3 is 13.9 Å². The van der Waals surface area contributed by atoms with Gasteiger partial charge in [0.2, 0.25) is 0 Å². The van der Waals surface area contributed by atoms with Crippen LogP contribution in [0.25, 0.3) is 21.9 Å². The predicted molar refractivity (Wildman–Crippen MR) is 130 cm³/mol. The highest BCUT2D eigenvalue weighted by atomic mass is 16.5.